The van der Waals surface area contributed by atoms with Gasteiger partial charge in [0.1, 0.15) is 11.8 Å². The van der Waals surface area contributed by atoms with Gasteiger partial charge in [-0.1, -0.05) is 13.8 Å². The van der Waals surface area contributed by atoms with E-state index >= 15 is 0 Å². The number of phenols is 1. The minimum atomic E-state index is -0.119. The SMILES string of the molecule is C[C@@H]1[C@H]2Cc3cc(C#N)c(O)cc3[C@]1(C)CCN2C(=O)c1ccc2c(c1)CC=N2. The molecule has 2 aliphatic heterocycles. The number of piperidine rings is 1. The fraction of sp³-hybridized carbons (Fsp3) is 0.375. The average molecular weight is 385 g/mol. The predicted octanol–water partition coefficient (Wildman–Crippen LogP) is 3.89. The molecule has 29 heavy (non-hydrogen) atoms. The van der Waals surface area contributed by atoms with Crippen LogP contribution in [0, 0.1) is 17.2 Å². The van der Waals surface area contributed by atoms with Crippen LogP contribution in [0.2, 0.25) is 0 Å². The molecule has 2 bridgehead atoms. The van der Waals surface area contributed by atoms with Crippen molar-refractivity contribution in [2.24, 2.45) is 10.9 Å². The molecule has 1 amide bonds. The number of benzene rings is 2. The number of nitriles is 1. The first-order valence-corrected chi connectivity index (χ1v) is 10.2. The van der Waals surface area contributed by atoms with E-state index in [2.05, 4.69) is 24.9 Å². The van der Waals surface area contributed by atoms with Crippen LogP contribution in [-0.4, -0.2) is 34.7 Å². The van der Waals surface area contributed by atoms with Gasteiger partial charge in [0, 0.05) is 30.8 Å². The zero-order valence-electron chi connectivity index (χ0n) is 16.6. The topological polar surface area (TPSA) is 76.7 Å². The quantitative estimate of drug-likeness (QED) is 0.809. The van der Waals surface area contributed by atoms with Gasteiger partial charge in [-0.15, -0.1) is 0 Å². The number of aromatic hydroxyl groups is 1. The van der Waals surface area contributed by atoms with Crippen LogP contribution in [0.25, 0.3) is 0 Å². The minimum Gasteiger partial charge on any atom is -0.507 e. The molecule has 5 rings (SSSR count). The van der Waals surface area contributed by atoms with Crippen molar-refractivity contribution in [3.63, 3.8) is 0 Å². The summed E-state index contributed by atoms with van der Waals surface area (Å²) < 4.78 is 0. The molecule has 0 unspecified atom stereocenters. The van der Waals surface area contributed by atoms with Crippen molar-refractivity contribution in [2.75, 3.05) is 6.54 Å². The van der Waals surface area contributed by atoms with Gasteiger partial charge >= 0.3 is 0 Å². The second kappa shape index (κ2) is 6.18. The molecule has 2 aromatic carbocycles. The highest BCUT2D eigenvalue weighted by molar-refractivity contribution is 5.96. The summed E-state index contributed by atoms with van der Waals surface area (Å²) >= 11 is 0. The van der Waals surface area contributed by atoms with Crippen LogP contribution in [0.15, 0.2) is 35.3 Å². The Hall–Kier alpha value is -3.13. The van der Waals surface area contributed by atoms with Gasteiger partial charge in [0.2, 0.25) is 0 Å². The average Bonchev–Trinajstić information content (AvgIpc) is 3.18. The summed E-state index contributed by atoms with van der Waals surface area (Å²) in [6.07, 6.45) is 4.21. The Balaban J connectivity index is 1.52. The molecule has 5 nitrogen and oxygen atoms in total. The number of phenolic OH excluding ortho intramolecular Hbond substituents is 1. The zero-order valence-corrected chi connectivity index (χ0v) is 16.6. The highest BCUT2D eigenvalue weighted by atomic mass is 16.3. The van der Waals surface area contributed by atoms with Gasteiger partial charge in [-0.25, -0.2) is 0 Å². The predicted molar refractivity (Wildman–Crippen MR) is 111 cm³/mol. The van der Waals surface area contributed by atoms with Crippen molar-refractivity contribution >= 4 is 17.8 Å². The van der Waals surface area contributed by atoms with Gasteiger partial charge in [-0.3, -0.25) is 9.79 Å². The van der Waals surface area contributed by atoms with Crippen LogP contribution in [0.5, 0.6) is 5.75 Å². The van der Waals surface area contributed by atoms with Gasteiger partial charge in [0.05, 0.1) is 11.3 Å². The molecule has 0 radical (unpaired) electrons. The van der Waals surface area contributed by atoms with E-state index in [-0.39, 0.29) is 29.0 Å². The third kappa shape index (κ3) is 2.52. The second-order valence-electron chi connectivity index (χ2n) is 8.72. The standard InChI is InChI=1S/C24H23N3O2/c1-14-21-11-17-10-18(13-25)22(28)12-19(17)24(14,2)6-8-27(21)23(29)16-3-4-20-15(9-16)5-7-26-20/h3-4,7,9-10,12,14,21,28H,5-6,8,11H2,1-2H3/t14-,21-,24-/m1/s1. The van der Waals surface area contributed by atoms with Crippen molar-refractivity contribution in [2.45, 2.75) is 44.6 Å². The summed E-state index contributed by atoms with van der Waals surface area (Å²) in [5.41, 5.74) is 5.16. The smallest absolute Gasteiger partial charge is 0.254 e. The number of rotatable bonds is 1. The first-order chi connectivity index (χ1) is 13.9. The Morgan fingerprint density at radius 2 is 2.14 bits per heavy atom. The van der Waals surface area contributed by atoms with Gasteiger partial charge < -0.3 is 10.0 Å². The van der Waals surface area contributed by atoms with E-state index in [1.807, 2.05) is 35.4 Å². The number of likely N-dealkylation sites (tertiary alicyclic amines) is 1. The molecule has 2 aromatic rings. The summed E-state index contributed by atoms with van der Waals surface area (Å²) in [5.74, 6) is 0.385. The number of hydrogen-bond donors (Lipinski definition) is 1. The zero-order chi connectivity index (χ0) is 20.3. The molecule has 1 aliphatic carbocycles. The molecule has 1 saturated heterocycles. The van der Waals surface area contributed by atoms with Crippen molar-refractivity contribution in [1.82, 2.24) is 4.90 Å². The van der Waals surface area contributed by atoms with E-state index in [1.165, 1.54) is 0 Å². The molecule has 2 heterocycles. The van der Waals surface area contributed by atoms with E-state index in [1.54, 1.807) is 6.07 Å². The Labute approximate surface area is 170 Å². The number of amides is 1. The van der Waals surface area contributed by atoms with Gasteiger partial charge in [-0.2, -0.15) is 5.26 Å². The molecule has 1 N–H and O–H groups in total. The van der Waals surface area contributed by atoms with E-state index < -0.39 is 0 Å². The van der Waals surface area contributed by atoms with E-state index in [0.717, 1.165) is 40.8 Å². The number of carbonyl (C=O) groups excluding carboxylic acids is 1. The van der Waals surface area contributed by atoms with Crippen LogP contribution in [0.3, 0.4) is 0 Å². The normalized spacial score (nSPS) is 26.6. The van der Waals surface area contributed by atoms with Gasteiger partial charge in [0.25, 0.3) is 5.91 Å². The lowest BCUT2D eigenvalue weighted by atomic mass is 9.58. The number of aliphatic imine (C=N–C) groups is 1. The van der Waals surface area contributed by atoms with Crippen molar-refractivity contribution in [3.05, 3.63) is 58.1 Å². The molecule has 5 heteroatoms. The maximum atomic E-state index is 13.4. The first kappa shape index (κ1) is 17.9. The van der Waals surface area contributed by atoms with Crippen molar-refractivity contribution in [1.29, 1.82) is 5.26 Å². The summed E-state index contributed by atoms with van der Waals surface area (Å²) in [7, 11) is 0. The molecule has 0 saturated carbocycles. The molecule has 0 spiro atoms. The molecule has 146 valence electrons. The molecule has 3 atom stereocenters. The summed E-state index contributed by atoms with van der Waals surface area (Å²) in [4.78, 5) is 19.8. The first-order valence-electron chi connectivity index (χ1n) is 10.2. The fourth-order valence-electron chi connectivity index (χ4n) is 5.42. The highest BCUT2D eigenvalue weighted by Crippen LogP contribution is 2.50. The Bertz CT molecular complexity index is 1110. The molecule has 3 aliphatic rings. The van der Waals surface area contributed by atoms with Crippen LogP contribution < -0.4 is 0 Å². The number of nitrogens with zero attached hydrogens (tertiary/aromatic N) is 3. The maximum Gasteiger partial charge on any atom is 0.254 e. The molecular formula is C24H23N3O2. The van der Waals surface area contributed by atoms with E-state index in [0.29, 0.717) is 18.5 Å². The molecule has 0 aromatic heterocycles. The molecule has 1 fully saturated rings. The van der Waals surface area contributed by atoms with E-state index in [9.17, 15) is 15.2 Å². The van der Waals surface area contributed by atoms with Crippen LogP contribution in [0.4, 0.5) is 5.69 Å². The van der Waals surface area contributed by atoms with Crippen LogP contribution in [0.1, 0.15) is 52.9 Å². The Morgan fingerprint density at radius 3 is 2.93 bits per heavy atom. The second-order valence-corrected chi connectivity index (χ2v) is 8.72. The van der Waals surface area contributed by atoms with Crippen molar-refractivity contribution < 1.29 is 9.90 Å². The molecular weight excluding hydrogens is 362 g/mol. The Morgan fingerprint density at radius 1 is 1.31 bits per heavy atom. The lowest BCUT2D eigenvalue weighted by Crippen LogP contribution is -2.59. The van der Waals surface area contributed by atoms with Gasteiger partial charge in [-0.05, 0) is 71.2 Å². The highest BCUT2D eigenvalue weighted by Gasteiger charge is 2.50. The monoisotopic (exact) mass is 385 g/mol. The third-order valence-corrected chi connectivity index (χ3v) is 7.37. The Kier molecular flexibility index (Phi) is 3.82. The van der Waals surface area contributed by atoms with Crippen molar-refractivity contribution in [3.8, 4) is 11.8 Å². The number of carbonyl (C=O) groups is 1. The van der Waals surface area contributed by atoms with E-state index in [4.69, 9.17) is 0 Å². The lowest BCUT2D eigenvalue weighted by molar-refractivity contribution is 0.0249. The van der Waals surface area contributed by atoms with Crippen LogP contribution >= 0.6 is 0 Å². The lowest BCUT2D eigenvalue weighted by Gasteiger charge is -2.54. The minimum absolute atomic E-state index is 0.0528. The fourth-order valence-corrected chi connectivity index (χ4v) is 5.42. The maximum absolute atomic E-state index is 13.4. The van der Waals surface area contributed by atoms with Crippen LogP contribution in [-0.2, 0) is 18.3 Å². The summed E-state index contributed by atoms with van der Waals surface area (Å²) in [6.45, 7) is 5.12. The summed E-state index contributed by atoms with van der Waals surface area (Å²) in [6, 6.07) is 11.5. The van der Waals surface area contributed by atoms with Gasteiger partial charge in [0.15, 0.2) is 0 Å². The third-order valence-electron chi connectivity index (χ3n) is 7.37. The summed E-state index contributed by atoms with van der Waals surface area (Å²) in [5, 5.41) is 19.6. The number of hydrogen-bond acceptors (Lipinski definition) is 4. The largest absolute Gasteiger partial charge is 0.507 e. The number of fused-ring (bicyclic) bond motifs is 5.